The summed E-state index contributed by atoms with van der Waals surface area (Å²) in [7, 11) is 0. The number of benzene rings is 3. The number of anilines is 1. The fraction of sp³-hybridized carbons (Fsp3) is 0.355. The van der Waals surface area contributed by atoms with Gasteiger partial charge in [-0.2, -0.15) is 0 Å². The molecule has 234 valence electrons. The van der Waals surface area contributed by atoms with Gasteiger partial charge in [0.1, 0.15) is 10.6 Å². The molecule has 1 saturated heterocycles. The topological polar surface area (TPSA) is 93.1 Å². The molecular formula is C31H30F5N3O4S. The lowest BCUT2D eigenvalue weighted by Crippen LogP contribution is -2.43. The molecule has 1 saturated carbocycles. The number of phenols is 1. The number of hydroxylamine groups is 1. The Morgan fingerprint density at radius 3 is 2.11 bits per heavy atom. The summed E-state index contributed by atoms with van der Waals surface area (Å²) < 4.78 is 71.7. The van der Waals surface area contributed by atoms with Gasteiger partial charge in [0, 0.05) is 18.3 Å². The molecule has 44 heavy (non-hydrogen) atoms. The van der Waals surface area contributed by atoms with E-state index in [-0.39, 0.29) is 42.7 Å². The number of halogens is 5. The van der Waals surface area contributed by atoms with E-state index in [1.807, 2.05) is 24.3 Å². The molecule has 0 bridgehead atoms. The second kappa shape index (κ2) is 13.5. The van der Waals surface area contributed by atoms with Crippen LogP contribution in [-0.2, 0) is 11.3 Å². The molecule has 2 amide bonds. The van der Waals surface area contributed by atoms with Gasteiger partial charge in [0.15, 0.2) is 23.3 Å². The fourth-order valence-corrected chi connectivity index (χ4v) is 6.93. The molecule has 1 heterocycles. The van der Waals surface area contributed by atoms with Crippen LogP contribution in [0.2, 0.25) is 0 Å². The van der Waals surface area contributed by atoms with E-state index >= 15 is 0 Å². The van der Waals surface area contributed by atoms with Gasteiger partial charge in [0.25, 0.3) is 5.91 Å². The predicted octanol–water partition coefficient (Wildman–Crippen LogP) is 6.96. The zero-order chi connectivity index (χ0) is 31.5. The molecule has 0 radical (unpaired) electrons. The van der Waals surface area contributed by atoms with Gasteiger partial charge in [-0.3, -0.25) is 14.8 Å². The summed E-state index contributed by atoms with van der Waals surface area (Å²) in [4.78, 5) is 26.2. The maximum absolute atomic E-state index is 14.5. The third kappa shape index (κ3) is 6.40. The lowest BCUT2D eigenvalue weighted by molar-refractivity contribution is -0.121. The molecular weight excluding hydrogens is 605 g/mol. The molecule has 3 aromatic rings. The fourth-order valence-electron chi connectivity index (χ4n) is 5.81. The van der Waals surface area contributed by atoms with Crippen LogP contribution < -0.4 is 10.4 Å². The Morgan fingerprint density at radius 2 is 1.50 bits per heavy atom. The first kappa shape index (κ1) is 31.7. The molecule has 1 aliphatic heterocycles. The summed E-state index contributed by atoms with van der Waals surface area (Å²) in [5.41, 5.74) is 3.31. The second-order valence-electron chi connectivity index (χ2n) is 10.9. The van der Waals surface area contributed by atoms with Gasteiger partial charge in [-0.1, -0.05) is 43.5 Å². The smallest absolute Gasteiger partial charge is 0.278 e. The largest absolute Gasteiger partial charge is 0.507 e. The second-order valence-corrected chi connectivity index (χ2v) is 12.0. The van der Waals surface area contributed by atoms with Crippen molar-refractivity contribution < 1.29 is 41.9 Å². The minimum absolute atomic E-state index is 0.0201. The molecule has 0 unspecified atom stereocenters. The van der Waals surface area contributed by atoms with Gasteiger partial charge in [-0.25, -0.2) is 31.7 Å². The van der Waals surface area contributed by atoms with E-state index in [0.29, 0.717) is 12.3 Å². The Balaban J connectivity index is 1.45. The first-order chi connectivity index (χ1) is 21.1. The van der Waals surface area contributed by atoms with Crippen LogP contribution in [0.15, 0.2) is 47.4 Å². The third-order valence-electron chi connectivity index (χ3n) is 8.17. The van der Waals surface area contributed by atoms with Gasteiger partial charge in [0.2, 0.25) is 11.7 Å². The summed E-state index contributed by atoms with van der Waals surface area (Å²) in [5, 5.41) is 19.5. The normalized spacial score (nSPS) is 17.5. The molecule has 2 fully saturated rings. The Morgan fingerprint density at radius 1 is 0.864 bits per heavy atom. The molecule has 0 spiro atoms. The van der Waals surface area contributed by atoms with Crippen LogP contribution >= 0.6 is 11.9 Å². The van der Waals surface area contributed by atoms with Crippen molar-refractivity contribution in [3.63, 3.8) is 0 Å². The van der Waals surface area contributed by atoms with E-state index in [1.165, 1.54) is 57.7 Å². The molecule has 0 aromatic heterocycles. The number of aromatic hydroxyl groups is 1. The Kier molecular flexibility index (Phi) is 9.76. The number of phenolic OH excluding ortho intramolecular Hbond substituents is 1. The lowest BCUT2D eigenvalue weighted by Gasteiger charge is -2.30. The SMILES string of the molecule is O=C(NO)c1ccc(N(Cc2ccc(C3CCCCC3)cc2)C(=O)[C@H]2CCCN2Sc2c(F)c(F)c(F)c(F)c2F)cc1O. The highest BCUT2D eigenvalue weighted by molar-refractivity contribution is 7.97. The van der Waals surface area contributed by atoms with E-state index in [4.69, 9.17) is 5.21 Å². The Hall–Kier alpha value is -3.68. The number of nitrogens with one attached hydrogen (secondary N) is 1. The number of nitrogens with zero attached hydrogens (tertiary/aromatic N) is 2. The van der Waals surface area contributed by atoms with Crippen LogP contribution in [0.3, 0.4) is 0 Å². The van der Waals surface area contributed by atoms with Crippen LogP contribution in [0.5, 0.6) is 5.75 Å². The minimum Gasteiger partial charge on any atom is -0.507 e. The van der Waals surface area contributed by atoms with Crippen molar-refractivity contribution in [3.05, 3.63) is 88.2 Å². The number of rotatable bonds is 8. The number of hydrogen-bond donors (Lipinski definition) is 3. The van der Waals surface area contributed by atoms with Crippen LogP contribution in [0.4, 0.5) is 27.6 Å². The van der Waals surface area contributed by atoms with Crippen molar-refractivity contribution in [2.45, 2.75) is 68.3 Å². The summed E-state index contributed by atoms with van der Waals surface area (Å²) in [6.07, 6.45) is 6.41. The van der Waals surface area contributed by atoms with Crippen LogP contribution in [-0.4, -0.2) is 39.0 Å². The van der Waals surface area contributed by atoms with Crippen molar-refractivity contribution >= 4 is 29.4 Å². The van der Waals surface area contributed by atoms with E-state index in [1.54, 1.807) is 0 Å². The van der Waals surface area contributed by atoms with Crippen molar-refractivity contribution in [2.75, 3.05) is 11.4 Å². The molecule has 7 nitrogen and oxygen atoms in total. The van der Waals surface area contributed by atoms with E-state index in [9.17, 15) is 36.6 Å². The van der Waals surface area contributed by atoms with Crippen LogP contribution in [0, 0.1) is 29.1 Å². The van der Waals surface area contributed by atoms with Crippen LogP contribution in [0.1, 0.15) is 72.3 Å². The highest BCUT2D eigenvalue weighted by Gasteiger charge is 2.38. The lowest BCUT2D eigenvalue weighted by atomic mass is 9.84. The van der Waals surface area contributed by atoms with Gasteiger partial charge >= 0.3 is 0 Å². The molecule has 3 aromatic carbocycles. The van der Waals surface area contributed by atoms with Crippen molar-refractivity contribution in [1.82, 2.24) is 9.79 Å². The van der Waals surface area contributed by atoms with Gasteiger partial charge in [-0.05, 0) is 66.8 Å². The van der Waals surface area contributed by atoms with E-state index in [2.05, 4.69) is 0 Å². The number of carbonyl (C=O) groups is 2. The first-order valence-electron chi connectivity index (χ1n) is 14.2. The third-order valence-corrected chi connectivity index (χ3v) is 9.38. The van der Waals surface area contributed by atoms with Gasteiger partial charge in [0.05, 0.1) is 18.2 Å². The number of amides is 2. The predicted molar refractivity (Wildman–Crippen MR) is 153 cm³/mol. The van der Waals surface area contributed by atoms with Crippen LogP contribution in [0.25, 0.3) is 0 Å². The summed E-state index contributed by atoms with van der Waals surface area (Å²) in [5.74, 6) is -12.0. The molecule has 3 N–H and O–H groups in total. The van der Waals surface area contributed by atoms with Gasteiger partial charge in [-0.15, -0.1) is 0 Å². The molecule has 1 aliphatic carbocycles. The highest BCUT2D eigenvalue weighted by atomic mass is 32.2. The van der Waals surface area contributed by atoms with Crippen molar-refractivity contribution in [3.8, 4) is 5.75 Å². The number of carbonyl (C=O) groups excluding carboxylic acids is 2. The summed E-state index contributed by atoms with van der Waals surface area (Å²) in [6, 6.07) is 10.6. The summed E-state index contributed by atoms with van der Waals surface area (Å²) >= 11 is 0.286. The highest BCUT2D eigenvalue weighted by Crippen LogP contribution is 2.39. The molecule has 2 aliphatic rings. The first-order valence-corrected chi connectivity index (χ1v) is 15.0. The van der Waals surface area contributed by atoms with E-state index < -0.39 is 57.6 Å². The Labute approximate surface area is 254 Å². The van der Waals surface area contributed by atoms with E-state index in [0.717, 1.165) is 18.4 Å². The number of hydrogen-bond acceptors (Lipinski definition) is 6. The average molecular weight is 636 g/mol. The molecule has 5 rings (SSSR count). The molecule has 13 heteroatoms. The summed E-state index contributed by atoms with van der Waals surface area (Å²) in [6.45, 7) is 0.150. The standard InChI is InChI=1S/C31H30F5N3O4S/c32-24-25(33)27(35)29(28(36)26(24)34)44-39-14-4-7-22(39)31(42)38(20-12-13-21(23(40)15-20)30(41)37-43)16-17-8-10-19(11-9-17)18-5-2-1-3-6-18/h8-13,15,18,22,40,43H,1-7,14,16H2,(H,37,41)/t22-/m1/s1. The zero-order valence-corrected chi connectivity index (χ0v) is 24.3. The zero-order valence-electron chi connectivity index (χ0n) is 23.5. The molecule has 1 atom stereocenters. The van der Waals surface area contributed by atoms with Crippen molar-refractivity contribution in [2.24, 2.45) is 0 Å². The van der Waals surface area contributed by atoms with Crippen molar-refractivity contribution in [1.29, 1.82) is 0 Å². The quantitative estimate of drug-likeness (QED) is 0.0619. The average Bonchev–Trinajstić information content (AvgIpc) is 3.52. The minimum atomic E-state index is -2.27. The maximum Gasteiger partial charge on any atom is 0.278 e. The Bertz CT molecular complexity index is 1520. The maximum atomic E-state index is 14.5. The van der Waals surface area contributed by atoms with Gasteiger partial charge < -0.3 is 10.0 Å². The monoisotopic (exact) mass is 635 g/mol.